The second kappa shape index (κ2) is 8.92. The minimum atomic E-state index is 0.409. The summed E-state index contributed by atoms with van der Waals surface area (Å²) in [6.45, 7) is 2.70. The van der Waals surface area contributed by atoms with Crippen molar-refractivity contribution in [3.63, 3.8) is 0 Å². The molecular formula is C26H33N5O2. The van der Waals surface area contributed by atoms with Gasteiger partial charge in [-0.3, -0.25) is 4.79 Å². The Kier molecular flexibility index (Phi) is 5.64. The summed E-state index contributed by atoms with van der Waals surface area (Å²) in [4.78, 5) is 15.0. The highest BCUT2D eigenvalue weighted by molar-refractivity contribution is 5.76. The van der Waals surface area contributed by atoms with Crippen molar-refractivity contribution < 1.29 is 9.53 Å². The zero-order valence-electron chi connectivity index (χ0n) is 19.1. The number of amides is 1. The fourth-order valence-corrected chi connectivity index (χ4v) is 6.54. The van der Waals surface area contributed by atoms with Crippen LogP contribution >= 0.6 is 0 Å². The standard InChI is InChI=1S/C26H33N5O2/c32-26(16-22-14-18-1-2-20(22)13-18)30-10-7-19(8-11-30)25-15-21(25)9-12-33-24-5-3-23(4-6-24)31-17-27-28-29-31/h1-6,17-22,25H,7-16H2/t18?,20?,21-,22?,25-/m1/s1. The molecule has 2 saturated carbocycles. The molecule has 1 aromatic carbocycles. The summed E-state index contributed by atoms with van der Waals surface area (Å²) in [6.07, 6.45) is 14.4. The third-order valence-electron chi connectivity index (χ3n) is 8.54. The number of tetrazole rings is 1. The highest BCUT2D eigenvalue weighted by Gasteiger charge is 2.44. The van der Waals surface area contributed by atoms with Crippen molar-refractivity contribution in [3.05, 3.63) is 42.7 Å². The largest absolute Gasteiger partial charge is 0.494 e. The van der Waals surface area contributed by atoms with E-state index in [2.05, 4.69) is 32.6 Å². The summed E-state index contributed by atoms with van der Waals surface area (Å²) >= 11 is 0. The third kappa shape index (κ3) is 4.55. The average molecular weight is 448 g/mol. The molecule has 0 spiro atoms. The molecule has 7 heteroatoms. The van der Waals surface area contributed by atoms with E-state index in [9.17, 15) is 4.79 Å². The summed E-state index contributed by atoms with van der Waals surface area (Å²) in [5.41, 5.74) is 0.923. The number of fused-ring (bicyclic) bond motifs is 2. The maximum absolute atomic E-state index is 12.8. The Bertz CT molecular complexity index is 981. The molecule has 3 fully saturated rings. The topological polar surface area (TPSA) is 73.1 Å². The van der Waals surface area contributed by atoms with Crippen molar-refractivity contribution in [2.45, 2.75) is 44.9 Å². The van der Waals surface area contributed by atoms with Gasteiger partial charge in [0.15, 0.2) is 0 Å². The molecule has 3 aliphatic carbocycles. The lowest BCUT2D eigenvalue weighted by molar-refractivity contribution is -0.133. The molecular weight excluding hydrogens is 414 g/mol. The number of nitrogens with zero attached hydrogens (tertiary/aromatic N) is 5. The lowest BCUT2D eigenvalue weighted by Gasteiger charge is -2.33. The lowest BCUT2D eigenvalue weighted by atomic mass is 9.88. The van der Waals surface area contributed by atoms with Crippen LogP contribution in [-0.2, 0) is 4.79 Å². The number of carbonyl (C=O) groups is 1. The molecule has 174 valence electrons. The Morgan fingerprint density at radius 2 is 1.88 bits per heavy atom. The van der Waals surface area contributed by atoms with Crippen LogP contribution in [0.15, 0.2) is 42.7 Å². The van der Waals surface area contributed by atoms with Crippen LogP contribution in [0.2, 0.25) is 0 Å². The molecule has 5 atom stereocenters. The predicted molar refractivity (Wildman–Crippen MR) is 124 cm³/mol. The molecule has 2 aromatic rings. The number of rotatable bonds is 8. The molecule has 7 nitrogen and oxygen atoms in total. The number of carbonyl (C=O) groups excluding carboxylic acids is 1. The highest BCUT2D eigenvalue weighted by atomic mass is 16.5. The lowest BCUT2D eigenvalue weighted by Crippen LogP contribution is -2.40. The van der Waals surface area contributed by atoms with E-state index in [1.165, 1.54) is 32.1 Å². The Hall–Kier alpha value is -2.70. The molecule has 2 bridgehead atoms. The van der Waals surface area contributed by atoms with E-state index in [1.54, 1.807) is 11.0 Å². The van der Waals surface area contributed by atoms with E-state index < -0.39 is 0 Å². The van der Waals surface area contributed by atoms with Gasteiger partial charge in [-0.1, -0.05) is 12.2 Å². The van der Waals surface area contributed by atoms with Crippen molar-refractivity contribution in [2.24, 2.45) is 35.5 Å². The summed E-state index contributed by atoms with van der Waals surface area (Å²) in [5, 5.41) is 11.2. The van der Waals surface area contributed by atoms with Gasteiger partial charge in [-0.05, 0) is 109 Å². The summed E-state index contributed by atoms with van der Waals surface area (Å²) in [5.74, 6) is 5.75. The maximum atomic E-state index is 12.8. The van der Waals surface area contributed by atoms with Crippen molar-refractivity contribution in [1.29, 1.82) is 0 Å². The Morgan fingerprint density at radius 1 is 1.03 bits per heavy atom. The molecule has 2 heterocycles. The Morgan fingerprint density at radius 3 is 2.58 bits per heavy atom. The first kappa shape index (κ1) is 20.9. The van der Waals surface area contributed by atoms with Gasteiger partial charge in [-0.25, -0.2) is 4.68 Å². The minimum Gasteiger partial charge on any atom is -0.494 e. The van der Waals surface area contributed by atoms with E-state index in [4.69, 9.17) is 4.74 Å². The number of likely N-dealkylation sites (tertiary alicyclic amines) is 1. The van der Waals surface area contributed by atoms with Crippen molar-refractivity contribution in [1.82, 2.24) is 25.1 Å². The van der Waals surface area contributed by atoms with Gasteiger partial charge in [0.2, 0.25) is 5.91 Å². The Labute approximate surface area is 195 Å². The average Bonchev–Trinajstić information content (AvgIpc) is 3.22. The number of piperidine rings is 1. The van der Waals surface area contributed by atoms with Crippen LogP contribution in [0, 0.1) is 35.5 Å². The van der Waals surface area contributed by atoms with Crippen LogP contribution in [0.5, 0.6) is 5.75 Å². The normalized spacial score (nSPS) is 30.7. The first-order chi connectivity index (χ1) is 16.2. The van der Waals surface area contributed by atoms with Gasteiger partial charge in [-0.2, -0.15) is 0 Å². The van der Waals surface area contributed by atoms with Gasteiger partial charge in [-0.15, -0.1) is 5.10 Å². The fourth-order valence-electron chi connectivity index (χ4n) is 6.54. The Balaban J connectivity index is 0.894. The van der Waals surface area contributed by atoms with E-state index in [0.717, 1.165) is 67.6 Å². The number of hydrogen-bond donors (Lipinski definition) is 0. The van der Waals surface area contributed by atoms with Gasteiger partial charge in [0.25, 0.3) is 0 Å². The molecule has 1 saturated heterocycles. The fraction of sp³-hybridized carbons (Fsp3) is 0.615. The first-order valence-electron chi connectivity index (χ1n) is 12.7. The van der Waals surface area contributed by atoms with Crippen molar-refractivity contribution in [3.8, 4) is 11.4 Å². The number of allylic oxidation sites excluding steroid dienone is 2. The van der Waals surface area contributed by atoms with Crippen LogP contribution in [0.3, 0.4) is 0 Å². The molecule has 3 unspecified atom stereocenters. The van der Waals surface area contributed by atoms with Gasteiger partial charge >= 0.3 is 0 Å². The third-order valence-corrected chi connectivity index (χ3v) is 8.54. The predicted octanol–water partition coefficient (Wildman–Crippen LogP) is 3.91. The molecule has 1 amide bonds. The minimum absolute atomic E-state index is 0.409. The van der Waals surface area contributed by atoms with Crippen LogP contribution in [0.1, 0.15) is 44.9 Å². The van der Waals surface area contributed by atoms with Crippen LogP contribution < -0.4 is 4.74 Å². The maximum Gasteiger partial charge on any atom is 0.222 e. The van der Waals surface area contributed by atoms with E-state index in [0.29, 0.717) is 17.7 Å². The molecule has 33 heavy (non-hydrogen) atoms. The molecule has 4 aliphatic rings. The number of aromatic nitrogens is 4. The van der Waals surface area contributed by atoms with E-state index in [1.807, 2.05) is 24.3 Å². The quantitative estimate of drug-likeness (QED) is 0.574. The zero-order chi connectivity index (χ0) is 22.2. The van der Waals surface area contributed by atoms with E-state index >= 15 is 0 Å². The van der Waals surface area contributed by atoms with Gasteiger partial charge < -0.3 is 9.64 Å². The highest BCUT2D eigenvalue weighted by Crippen LogP contribution is 2.50. The molecule has 0 radical (unpaired) electrons. The molecule has 1 aliphatic heterocycles. The second-order valence-electron chi connectivity index (χ2n) is 10.5. The molecule has 6 rings (SSSR count). The number of hydrogen-bond acceptors (Lipinski definition) is 5. The van der Waals surface area contributed by atoms with E-state index in [-0.39, 0.29) is 0 Å². The molecule has 0 N–H and O–H groups in total. The SMILES string of the molecule is O=C(CC1CC2C=CC1C2)N1CCC([C@H]2C[C@H]2CCOc2ccc(-n3cnnn3)cc2)CC1. The molecule has 1 aromatic heterocycles. The number of ether oxygens (including phenoxy) is 1. The summed E-state index contributed by atoms with van der Waals surface area (Å²) in [7, 11) is 0. The van der Waals surface area contributed by atoms with Crippen LogP contribution in [-0.4, -0.2) is 50.7 Å². The van der Waals surface area contributed by atoms with Crippen molar-refractivity contribution >= 4 is 5.91 Å². The van der Waals surface area contributed by atoms with Gasteiger partial charge in [0.05, 0.1) is 12.3 Å². The summed E-state index contributed by atoms with van der Waals surface area (Å²) in [6, 6.07) is 7.88. The first-order valence-corrected chi connectivity index (χ1v) is 12.7. The van der Waals surface area contributed by atoms with Gasteiger partial charge in [0.1, 0.15) is 12.1 Å². The van der Waals surface area contributed by atoms with Crippen LogP contribution in [0.25, 0.3) is 5.69 Å². The van der Waals surface area contributed by atoms with Crippen molar-refractivity contribution in [2.75, 3.05) is 19.7 Å². The smallest absolute Gasteiger partial charge is 0.222 e. The monoisotopic (exact) mass is 447 g/mol. The summed E-state index contributed by atoms with van der Waals surface area (Å²) < 4.78 is 7.61. The second-order valence-corrected chi connectivity index (χ2v) is 10.5. The number of benzene rings is 1. The van der Waals surface area contributed by atoms with Crippen LogP contribution in [0.4, 0.5) is 0 Å². The van der Waals surface area contributed by atoms with Gasteiger partial charge in [0, 0.05) is 19.5 Å². The zero-order valence-corrected chi connectivity index (χ0v) is 19.1.